The van der Waals surface area contributed by atoms with Gasteiger partial charge in [-0.3, -0.25) is 10.1 Å². The third-order valence-electron chi connectivity index (χ3n) is 5.73. The van der Waals surface area contributed by atoms with E-state index in [1.54, 1.807) is 6.07 Å². The molecule has 2 heterocycles. The van der Waals surface area contributed by atoms with Crippen molar-refractivity contribution in [1.29, 1.82) is 0 Å². The maximum absolute atomic E-state index is 12.8. The van der Waals surface area contributed by atoms with Crippen molar-refractivity contribution in [3.8, 4) is 5.75 Å². The van der Waals surface area contributed by atoms with Gasteiger partial charge in [-0.05, 0) is 49.9 Å². The number of aryl methyl sites for hydroxylation is 2. The van der Waals surface area contributed by atoms with Crippen LogP contribution in [0, 0.1) is 24.0 Å². The number of hydrogen-bond acceptors (Lipinski definition) is 7. The Balaban J connectivity index is 1.68. The molecular formula is C22H22N2O7S. The average molecular weight is 458 g/mol. The fourth-order valence-electron chi connectivity index (χ4n) is 3.80. The third kappa shape index (κ3) is 3.98. The van der Waals surface area contributed by atoms with Gasteiger partial charge in [-0.1, -0.05) is 12.1 Å². The Morgan fingerprint density at radius 3 is 2.53 bits per heavy atom. The summed E-state index contributed by atoms with van der Waals surface area (Å²) in [6.45, 7) is 4.42. The van der Waals surface area contributed by atoms with Crippen LogP contribution in [0.2, 0.25) is 0 Å². The Morgan fingerprint density at radius 2 is 1.84 bits per heavy atom. The summed E-state index contributed by atoms with van der Waals surface area (Å²) in [5.74, 6) is -0.0828. The van der Waals surface area contributed by atoms with Gasteiger partial charge in [-0.25, -0.2) is 13.2 Å². The molecule has 0 unspecified atom stereocenters. The number of hydrogen-bond donors (Lipinski definition) is 0. The summed E-state index contributed by atoms with van der Waals surface area (Å²) in [5, 5.41) is 12.3. The van der Waals surface area contributed by atoms with Gasteiger partial charge in [0.25, 0.3) is 0 Å². The van der Waals surface area contributed by atoms with Crippen molar-refractivity contribution >= 4 is 26.7 Å². The van der Waals surface area contributed by atoms with E-state index in [2.05, 4.69) is 0 Å². The molecule has 0 spiro atoms. The first-order chi connectivity index (χ1) is 15.2. The predicted molar refractivity (Wildman–Crippen MR) is 117 cm³/mol. The van der Waals surface area contributed by atoms with E-state index in [0.29, 0.717) is 29.6 Å². The average Bonchev–Trinajstić information content (AvgIpc) is 3.30. The van der Waals surface area contributed by atoms with E-state index in [1.165, 1.54) is 22.5 Å². The lowest BCUT2D eigenvalue weighted by atomic mass is 10.0. The van der Waals surface area contributed by atoms with Crippen LogP contribution in [0.5, 0.6) is 5.75 Å². The second-order valence-electron chi connectivity index (χ2n) is 7.76. The first kappa shape index (κ1) is 22.0. The van der Waals surface area contributed by atoms with Crippen LogP contribution in [0.15, 0.2) is 50.5 Å². The van der Waals surface area contributed by atoms with Gasteiger partial charge in [-0.2, -0.15) is 4.31 Å². The normalized spacial score (nSPS) is 14.7. The van der Waals surface area contributed by atoms with Gasteiger partial charge in [0.05, 0.1) is 9.82 Å². The molecule has 0 radical (unpaired) electrons. The standard InChI is InChI=1S/C22H22N2O7S/c1-14-5-7-18-16(11-21(25)31-22(18)15(14)2)13-30-20-8-6-17(12-19(20)24(26)27)32(28,29)23-9-3-4-10-23/h5-8,11-12H,3-4,9-10,13H2,1-2H3. The molecular weight excluding hydrogens is 436 g/mol. The van der Waals surface area contributed by atoms with Crippen LogP contribution in [-0.4, -0.2) is 30.7 Å². The Hall–Kier alpha value is -3.24. The zero-order chi connectivity index (χ0) is 23.0. The van der Waals surface area contributed by atoms with Crippen molar-refractivity contribution in [3.63, 3.8) is 0 Å². The van der Waals surface area contributed by atoms with E-state index in [1.807, 2.05) is 19.9 Å². The number of nitro groups is 1. The van der Waals surface area contributed by atoms with Crippen LogP contribution < -0.4 is 10.4 Å². The molecule has 4 rings (SSSR count). The fourth-order valence-corrected chi connectivity index (χ4v) is 5.34. The molecule has 3 aromatic rings. The Morgan fingerprint density at radius 1 is 1.12 bits per heavy atom. The lowest BCUT2D eigenvalue weighted by molar-refractivity contribution is -0.386. The molecule has 1 aromatic heterocycles. The zero-order valence-electron chi connectivity index (χ0n) is 17.7. The molecule has 1 fully saturated rings. The number of nitro benzene ring substituents is 1. The molecule has 168 valence electrons. The monoisotopic (exact) mass is 458 g/mol. The summed E-state index contributed by atoms with van der Waals surface area (Å²) >= 11 is 0. The maximum Gasteiger partial charge on any atom is 0.336 e. The Labute approximate surface area is 184 Å². The van der Waals surface area contributed by atoms with Gasteiger partial charge >= 0.3 is 11.3 Å². The molecule has 0 saturated carbocycles. The molecule has 32 heavy (non-hydrogen) atoms. The molecule has 0 bridgehead atoms. The van der Waals surface area contributed by atoms with Crippen molar-refractivity contribution < 1.29 is 22.5 Å². The lowest BCUT2D eigenvalue weighted by Crippen LogP contribution is -2.27. The van der Waals surface area contributed by atoms with Crippen LogP contribution >= 0.6 is 0 Å². The number of rotatable bonds is 6. The second kappa shape index (κ2) is 8.36. The topological polar surface area (TPSA) is 120 Å². The minimum atomic E-state index is -3.80. The zero-order valence-corrected chi connectivity index (χ0v) is 18.5. The number of nitrogens with zero attached hydrogens (tertiary/aromatic N) is 2. The van der Waals surface area contributed by atoms with E-state index in [-0.39, 0.29) is 17.3 Å². The van der Waals surface area contributed by atoms with Crippen LogP contribution in [0.1, 0.15) is 29.5 Å². The first-order valence-corrected chi connectivity index (χ1v) is 11.6. The van der Waals surface area contributed by atoms with Gasteiger partial charge in [0.1, 0.15) is 12.2 Å². The number of benzene rings is 2. The Bertz CT molecular complexity index is 1370. The quantitative estimate of drug-likeness (QED) is 0.314. The lowest BCUT2D eigenvalue weighted by Gasteiger charge is -2.16. The number of fused-ring (bicyclic) bond motifs is 1. The molecule has 10 heteroatoms. The third-order valence-corrected chi connectivity index (χ3v) is 7.63. The van der Waals surface area contributed by atoms with Gasteiger partial charge in [0.2, 0.25) is 10.0 Å². The van der Waals surface area contributed by atoms with Gasteiger partial charge in [0, 0.05) is 36.2 Å². The molecule has 0 aliphatic carbocycles. The van der Waals surface area contributed by atoms with E-state index >= 15 is 0 Å². The summed E-state index contributed by atoms with van der Waals surface area (Å²) < 4.78 is 37.9. The van der Waals surface area contributed by atoms with E-state index in [0.717, 1.165) is 30.0 Å². The van der Waals surface area contributed by atoms with Crippen LogP contribution in [0.3, 0.4) is 0 Å². The van der Waals surface area contributed by atoms with Crippen LogP contribution in [0.25, 0.3) is 11.0 Å². The molecule has 1 aliphatic heterocycles. The molecule has 2 aromatic carbocycles. The largest absolute Gasteiger partial charge is 0.482 e. The molecule has 1 saturated heterocycles. The first-order valence-electron chi connectivity index (χ1n) is 10.1. The molecule has 0 N–H and O–H groups in total. The van der Waals surface area contributed by atoms with Crippen molar-refractivity contribution in [2.24, 2.45) is 0 Å². The van der Waals surface area contributed by atoms with Gasteiger partial charge < -0.3 is 9.15 Å². The highest BCUT2D eigenvalue weighted by Crippen LogP contribution is 2.33. The number of sulfonamides is 1. The summed E-state index contributed by atoms with van der Waals surface area (Å²) in [4.78, 5) is 22.8. The smallest absolute Gasteiger partial charge is 0.336 e. The van der Waals surface area contributed by atoms with E-state index in [9.17, 15) is 23.3 Å². The van der Waals surface area contributed by atoms with Crippen LogP contribution in [-0.2, 0) is 16.6 Å². The van der Waals surface area contributed by atoms with Crippen molar-refractivity contribution in [1.82, 2.24) is 4.31 Å². The molecule has 1 aliphatic rings. The summed E-state index contributed by atoms with van der Waals surface area (Å²) in [5.41, 5.74) is 1.74. The molecule has 0 atom stereocenters. The number of ether oxygens (including phenoxy) is 1. The Kier molecular flexibility index (Phi) is 5.74. The van der Waals surface area contributed by atoms with Gasteiger partial charge in [-0.15, -0.1) is 0 Å². The summed E-state index contributed by atoms with van der Waals surface area (Å²) in [7, 11) is -3.80. The summed E-state index contributed by atoms with van der Waals surface area (Å²) in [6, 6.07) is 8.59. The second-order valence-corrected chi connectivity index (χ2v) is 9.70. The minimum absolute atomic E-state index is 0.0828. The fraction of sp³-hybridized carbons (Fsp3) is 0.318. The van der Waals surface area contributed by atoms with E-state index < -0.39 is 26.3 Å². The maximum atomic E-state index is 12.8. The van der Waals surface area contributed by atoms with E-state index in [4.69, 9.17) is 9.15 Å². The molecule has 9 nitrogen and oxygen atoms in total. The highest BCUT2D eigenvalue weighted by molar-refractivity contribution is 7.89. The van der Waals surface area contributed by atoms with Crippen molar-refractivity contribution in [3.05, 3.63) is 73.6 Å². The minimum Gasteiger partial charge on any atom is -0.482 e. The SMILES string of the molecule is Cc1ccc2c(COc3ccc(S(=O)(=O)N4CCCC4)cc3[N+](=O)[O-])cc(=O)oc2c1C. The predicted octanol–water partition coefficient (Wildman–Crippen LogP) is 3.68. The highest BCUT2D eigenvalue weighted by Gasteiger charge is 2.30. The van der Waals surface area contributed by atoms with Crippen molar-refractivity contribution in [2.45, 2.75) is 38.2 Å². The van der Waals surface area contributed by atoms with Crippen LogP contribution in [0.4, 0.5) is 5.69 Å². The van der Waals surface area contributed by atoms with Gasteiger partial charge in [0.15, 0.2) is 5.75 Å². The van der Waals surface area contributed by atoms with Crippen molar-refractivity contribution in [2.75, 3.05) is 13.1 Å². The summed E-state index contributed by atoms with van der Waals surface area (Å²) in [6.07, 6.45) is 1.53. The highest BCUT2D eigenvalue weighted by atomic mass is 32.2. The molecule has 0 amide bonds.